The van der Waals surface area contributed by atoms with E-state index in [1.54, 1.807) is 0 Å². The molecule has 5 nitrogen and oxygen atoms in total. The number of rotatable bonds is 10. The Kier molecular flexibility index (Phi) is 9.87. The largest absolute Gasteiger partial charge is 0.492 e. The van der Waals surface area contributed by atoms with Crippen LogP contribution in [-0.2, 0) is 6.54 Å². The molecule has 1 rings (SSSR count). The molecule has 0 atom stereocenters. The second-order valence-corrected chi connectivity index (χ2v) is 5.77. The Morgan fingerprint density at radius 2 is 2.04 bits per heavy atom. The number of unbranched alkanes of at least 4 members (excludes halogenated alkanes) is 1. The molecule has 0 unspecified atom stereocenters. The third-order valence-corrected chi connectivity index (χ3v) is 3.29. The molecule has 0 fully saturated rings. The van der Waals surface area contributed by atoms with Crippen LogP contribution in [-0.4, -0.2) is 51.2 Å². The van der Waals surface area contributed by atoms with Crippen LogP contribution in [0.25, 0.3) is 0 Å². The Balaban J connectivity index is 2.54. The van der Waals surface area contributed by atoms with E-state index in [1.165, 1.54) is 6.42 Å². The molecule has 0 amide bonds. The Hall–Kier alpha value is -1.75. The van der Waals surface area contributed by atoms with Crippen LogP contribution in [0.2, 0.25) is 0 Å². The van der Waals surface area contributed by atoms with Gasteiger partial charge in [-0.2, -0.15) is 0 Å². The monoisotopic (exact) mass is 320 g/mol. The zero-order chi connectivity index (χ0) is 16.9. The summed E-state index contributed by atoms with van der Waals surface area (Å²) in [4.78, 5) is 6.75. The summed E-state index contributed by atoms with van der Waals surface area (Å²) in [7, 11) is 4.09. The molecule has 2 N–H and O–H groups in total. The zero-order valence-electron chi connectivity index (χ0n) is 15.1. The van der Waals surface area contributed by atoms with E-state index in [2.05, 4.69) is 46.5 Å². The van der Waals surface area contributed by atoms with Crippen molar-refractivity contribution >= 4 is 5.96 Å². The molecule has 0 saturated heterocycles. The molecular weight excluding hydrogens is 288 g/mol. The number of aliphatic imine (C=N–C) groups is 1. The van der Waals surface area contributed by atoms with Crippen LogP contribution >= 0.6 is 0 Å². The highest BCUT2D eigenvalue weighted by atomic mass is 16.5. The third kappa shape index (κ3) is 9.08. The molecule has 1 aromatic rings. The van der Waals surface area contributed by atoms with Gasteiger partial charge in [0.05, 0.1) is 6.54 Å². The molecule has 0 saturated carbocycles. The van der Waals surface area contributed by atoms with Gasteiger partial charge in [0.25, 0.3) is 0 Å². The Labute approximate surface area is 141 Å². The second-order valence-electron chi connectivity index (χ2n) is 5.77. The number of likely N-dealkylation sites (N-methyl/N-ethyl adjacent to an activating group) is 1. The first-order chi connectivity index (χ1) is 11.2. The first-order valence-electron chi connectivity index (χ1n) is 8.54. The van der Waals surface area contributed by atoms with Crippen molar-refractivity contribution in [3.05, 3.63) is 29.8 Å². The molecule has 0 bridgehead atoms. The number of hydrogen-bond acceptors (Lipinski definition) is 3. The van der Waals surface area contributed by atoms with Crippen molar-refractivity contribution in [1.29, 1.82) is 0 Å². The van der Waals surface area contributed by atoms with Crippen LogP contribution in [0.15, 0.2) is 29.3 Å². The maximum atomic E-state index is 5.77. The van der Waals surface area contributed by atoms with Crippen molar-refractivity contribution in [2.75, 3.05) is 40.3 Å². The highest BCUT2D eigenvalue weighted by Gasteiger charge is 2.00. The topological polar surface area (TPSA) is 48.9 Å². The molecule has 130 valence electrons. The zero-order valence-corrected chi connectivity index (χ0v) is 15.1. The van der Waals surface area contributed by atoms with E-state index in [0.29, 0.717) is 13.2 Å². The lowest BCUT2D eigenvalue weighted by atomic mass is 10.2. The fraction of sp³-hybridized carbons (Fsp3) is 0.611. The van der Waals surface area contributed by atoms with Crippen LogP contribution in [0.5, 0.6) is 5.75 Å². The highest BCUT2D eigenvalue weighted by Crippen LogP contribution is 2.14. The van der Waals surface area contributed by atoms with E-state index < -0.39 is 0 Å². The molecule has 0 aromatic heterocycles. The lowest BCUT2D eigenvalue weighted by Crippen LogP contribution is -2.37. The van der Waals surface area contributed by atoms with Crippen LogP contribution < -0.4 is 15.4 Å². The minimum atomic E-state index is 0.645. The molecular formula is C18H32N4O. The maximum Gasteiger partial charge on any atom is 0.191 e. The smallest absolute Gasteiger partial charge is 0.191 e. The molecule has 0 aliphatic carbocycles. The predicted octanol–water partition coefficient (Wildman–Crippen LogP) is 2.48. The molecule has 0 radical (unpaired) electrons. The van der Waals surface area contributed by atoms with Crippen molar-refractivity contribution in [1.82, 2.24) is 15.5 Å². The standard InChI is InChI=1S/C18H32N4O/c1-5-7-11-20-18(19-6-2)21-15-16-9-8-10-17(14-16)23-13-12-22(3)4/h8-10,14H,5-7,11-13,15H2,1-4H3,(H2,19,20,21). The lowest BCUT2D eigenvalue weighted by Gasteiger charge is -2.12. The van der Waals surface area contributed by atoms with E-state index >= 15 is 0 Å². The van der Waals surface area contributed by atoms with Gasteiger partial charge in [0.1, 0.15) is 12.4 Å². The quantitative estimate of drug-likeness (QED) is 0.395. The molecule has 0 spiro atoms. The maximum absolute atomic E-state index is 5.77. The molecule has 0 heterocycles. The summed E-state index contributed by atoms with van der Waals surface area (Å²) in [6, 6.07) is 8.16. The summed E-state index contributed by atoms with van der Waals surface area (Å²) in [6.07, 6.45) is 2.33. The van der Waals surface area contributed by atoms with Gasteiger partial charge < -0.3 is 20.3 Å². The van der Waals surface area contributed by atoms with E-state index in [-0.39, 0.29) is 0 Å². The number of nitrogens with zero attached hydrogens (tertiary/aromatic N) is 2. The van der Waals surface area contributed by atoms with Crippen LogP contribution in [0.1, 0.15) is 32.3 Å². The molecule has 0 aliphatic rings. The summed E-state index contributed by atoms with van der Waals surface area (Å²) < 4.78 is 5.77. The molecule has 23 heavy (non-hydrogen) atoms. The lowest BCUT2D eigenvalue weighted by molar-refractivity contribution is 0.261. The van der Waals surface area contributed by atoms with Crippen LogP contribution in [0.3, 0.4) is 0 Å². The first kappa shape index (κ1) is 19.3. The SMILES string of the molecule is CCCCNC(=NCc1cccc(OCCN(C)C)c1)NCC. The van der Waals surface area contributed by atoms with E-state index in [0.717, 1.165) is 43.3 Å². The van der Waals surface area contributed by atoms with Crippen molar-refractivity contribution in [2.45, 2.75) is 33.2 Å². The average molecular weight is 320 g/mol. The summed E-state index contributed by atoms with van der Waals surface area (Å²) in [6.45, 7) is 8.34. The number of benzene rings is 1. The van der Waals surface area contributed by atoms with Gasteiger partial charge in [-0.15, -0.1) is 0 Å². The number of guanidine groups is 1. The third-order valence-electron chi connectivity index (χ3n) is 3.29. The van der Waals surface area contributed by atoms with E-state index in [4.69, 9.17) is 4.74 Å². The van der Waals surface area contributed by atoms with Crippen molar-refractivity contribution in [3.63, 3.8) is 0 Å². The summed E-state index contributed by atoms with van der Waals surface area (Å²) >= 11 is 0. The Morgan fingerprint density at radius 1 is 1.22 bits per heavy atom. The van der Waals surface area contributed by atoms with Gasteiger partial charge in [-0.1, -0.05) is 25.5 Å². The van der Waals surface area contributed by atoms with Gasteiger partial charge in [-0.25, -0.2) is 4.99 Å². The van der Waals surface area contributed by atoms with Gasteiger partial charge in [0, 0.05) is 19.6 Å². The average Bonchev–Trinajstić information content (AvgIpc) is 2.53. The first-order valence-corrected chi connectivity index (χ1v) is 8.54. The van der Waals surface area contributed by atoms with Gasteiger partial charge in [0.2, 0.25) is 0 Å². The van der Waals surface area contributed by atoms with E-state index in [1.807, 2.05) is 26.2 Å². The minimum absolute atomic E-state index is 0.645. The second kappa shape index (κ2) is 11.8. The number of hydrogen-bond donors (Lipinski definition) is 2. The summed E-state index contributed by atoms with van der Waals surface area (Å²) in [5.41, 5.74) is 1.15. The fourth-order valence-corrected chi connectivity index (χ4v) is 1.98. The van der Waals surface area contributed by atoms with Gasteiger partial charge >= 0.3 is 0 Å². The summed E-state index contributed by atoms with van der Waals surface area (Å²) in [5, 5.41) is 6.63. The van der Waals surface area contributed by atoms with Gasteiger partial charge in [-0.3, -0.25) is 0 Å². The molecule has 0 aliphatic heterocycles. The van der Waals surface area contributed by atoms with E-state index in [9.17, 15) is 0 Å². The predicted molar refractivity (Wildman–Crippen MR) is 98.2 cm³/mol. The van der Waals surface area contributed by atoms with Crippen molar-refractivity contribution in [2.24, 2.45) is 4.99 Å². The van der Waals surface area contributed by atoms with Crippen LogP contribution in [0, 0.1) is 0 Å². The van der Waals surface area contributed by atoms with Gasteiger partial charge in [-0.05, 0) is 45.1 Å². The Bertz CT molecular complexity index is 460. The summed E-state index contributed by atoms with van der Waals surface area (Å²) in [5.74, 6) is 1.78. The normalized spacial score (nSPS) is 11.6. The highest BCUT2D eigenvalue weighted by molar-refractivity contribution is 5.79. The fourth-order valence-electron chi connectivity index (χ4n) is 1.98. The number of nitrogens with one attached hydrogen (secondary N) is 2. The van der Waals surface area contributed by atoms with Gasteiger partial charge in [0.15, 0.2) is 5.96 Å². The van der Waals surface area contributed by atoms with Crippen molar-refractivity contribution < 1.29 is 4.74 Å². The van der Waals surface area contributed by atoms with Crippen LogP contribution in [0.4, 0.5) is 0 Å². The number of ether oxygens (including phenoxy) is 1. The minimum Gasteiger partial charge on any atom is -0.492 e. The Morgan fingerprint density at radius 3 is 2.74 bits per heavy atom. The molecule has 5 heteroatoms. The molecule has 1 aromatic carbocycles. The van der Waals surface area contributed by atoms with Crippen molar-refractivity contribution in [3.8, 4) is 5.75 Å².